The molecule has 6 heteroatoms. The number of urea groups is 1. The highest BCUT2D eigenvalue weighted by Crippen LogP contribution is 2.31. The van der Waals surface area contributed by atoms with E-state index in [-0.39, 0.29) is 18.1 Å². The summed E-state index contributed by atoms with van der Waals surface area (Å²) in [7, 11) is 0. The van der Waals surface area contributed by atoms with Crippen LogP contribution in [-0.2, 0) is 0 Å². The van der Waals surface area contributed by atoms with Crippen LogP contribution < -0.4 is 5.32 Å². The Morgan fingerprint density at radius 1 is 1.48 bits per heavy atom. The number of furan rings is 1. The van der Waals surface area contributed by atoms with E-state index >= 15 is 0 Å². The summed E-state index contributed by atoms with van der Waals surface area (Å²) in [5.41, 5.74) is 2.11. The van der Waals surface area contributed by atoms with Gasteiger partial charge in [0.05, 0.1) is 18.3 Å². The quantitative estimate of drug-likeness (QED) is 0.908. The molecule has 0 aliphatic carbocycles. The number of carbonyl (C=O) groups excluding carboxylic acids is 1. The van der Waals surface area contributed by atoms with Crippen molar-refractivity contribution in [1.29, 1.82) is 0 Å². The van der Waals surface area contributed by atoms with E-state index in [2.05, 4.69) is 15.5 Å². The normalized spacial score (nSPS) is 19.6. The molecule has 0 saturated carbocycles. The number of amides is 2. The van der Waals surface area contributed by atoms with Gasteiger partial charge >= 0.3 is 6.03 Å². The van der Waals surface area contributed by atoms with Crippen LogP contribution in [0.15, 0.2) is 22.9 Å². The van der Waals surface area contributed by atoms with E-state index in [1.807, 2.05) is 44.1 Å². The number of aromatic nitrogens is 2. The molecule has 0 aromatic carbocycles. The maximum absolute atomic E-state index is 12.8. The van der Waals surface area contributed by atoms with Crippen LogP contribution in [0.25, 0.3) is 0 Å². The molecule has 0 spiro atoms. The van der Waals surface area contributed by atoms with Crippen LogP contribution in [0.2, 0.25) is 0 Å². The number of hydrogen-bond acceptors (Lipinski definition) is 3. The van der Waals surface area contributed by atoms with Gasteiger partial charge in [-0.2, -0.15) is 5.10 Å². The molecule has 23 heavy (non-hydrogen) atoms. The van der Waals surface area contributed by atoms with Crippen molar-refractivity contribution in [3.05, 3.63) is 41.1 Å². The molecule has 0 radical (unpaired) electrons. The lowest BCUT2D eigenvalue weighted by molar-refractivity contribution is 0.149. The maximum atomic E-state index is 12.8. The molecule has 1 aliphatic rings. The number of likely N-dealkylation sites (tertiary alicyclic amines) is 1. The summed E-state index contributed by atoms with van der Waals surface area (Å²) in [6.45, 7) is 6.62. The molecule has 124 valence electrons. The van der Waals surface area contributed by atoms with E-state index in [1.54, 1.807) is 0 Å². The van der Waals surface area contributed by atoms with Crippen molar-refractivity contribution < 1.29 is 9.21 Å². The van der Waals surface area contributed by atoms with Crippen molar-refractivity contribution in [2.24, 2.45) is 0 Å². The molecule has 2 atom stereocenters. The third kappa shape index (κ3) is 3.25. The second-order valence-electron chi connectivity index (χ2n) is 6.28. The molecule has 1 aliphatic heterocycles. The van der Waals surface area contributed by atoms with Crippen molar-refractivity contribution in [3.63, 3.8) is 0 Å². The number of nitrogens with zero attached hydrogens (tertiary/aromatic N) is 2. The highest BCUT2D eigenvalue weighted by Gasteiger charge is 2.29. The number of rotatable bonds is 3. The fourth-order valence-electron chi connectivity index (χ4n) is 3.39. The fraction of sp³-hybridized carbons (Fsp3) is 0.529. The SMILES string of the molecule is Cc1cc([C@H](C)NC(=O)N2CCCC[C@H]2c2cn[nH]c2)c(C)o1. The van der Waals surface area contributed by atoms with Crippen LogP contribution in [0.3, 0.4) is 0 Å². The average Bonchev–Trinajstić information content (AvgIpc) is 3.16. The molecule has 3 heterocycles. The molecule has 2 amide bonds. The lowest BCUT2D eigenvalue weighted by Gasteiger charge is -2.36. The van der Waals surface area contributed by atoms with Gasteiger partial charge in [-0.25, -0.2) is 4.79 Å². The summed E-state index contributed by atoms with van der Waals surface area (Å²) in [6.07, 6.45) is 6.84. The van der Waals surface area contributed by atoms with Crippen molar-refractivity contribution in [2.45, 2.75) is 52.1 Å². The van der Waals surface area contributed by atoms with E-state index in [9.17, 15) is 4.79 Å². The topological polar surface area (TPSA) is 74.2 Å². The molecule has 2 N–H and O–H groups in total. The Bertz CT molecular complexity index is 662. The minimum absolute atomic E-state index is 0.0262. The first-order valence-electron chi connectivity index (χ1n) is 8.19. The van der Waals surface area contributed by atoms with Crippen molar-refractivity contribution in [1.82, 2.24) is 20.4 Å². The van der Waals surface area contributed by atoms with Gasteiger partial charge in [-0.3, -0.25) is 5.10 Å². The highest BCUT2D eigenvalue weighted by molar-refractivity contribution is 5.75. The fourth-order valence-corrected chi connectivity index (χ4v) is 3.39. The van der Waals surface area contributed by atoms with Gasteiger partial charge in [0.15, 0.2) is 0 Å². The first kappa shape index (κ1) is 15.6. The Balaban J connectivity index is 1.72. The first-order valence-corrected chi connectivity index (χ1v) is 8.19. The zero-order chi connectivity index (χ0) is 16.4. The highest BCUT2D eigenvalue weighted by atomic mass is 16.3. The third-order valence-electron chi connectivity index (χ3n) is 4.55. The van der Waals surface area contributed by atoms with Gasteiger partial charge in [0.1, 0.15) is 11.5 Å². The number of hydrogen-bond donors (Lipinski definition) is 2. The van der Waals surface area contributed by atoms with E-state index in [0.717, 1.165) is 48.5 Å². The maximum Gasteiger partial charge on any atom is 0.318 e. The molecular weight excluding hydrogens is 292 g/mol. The molecule has 0 unspecified atom stereocenters. The number of H-pyrrole nitrogens is 1. The summed E-state index contributed by atoms with van der Waals surface area (Å²) in [5, 5.41) is 9.97. The van der Waals surface area contributed by atoms with Gasteiger partial charge in [-0.05, 0) is 46.1 Å². The van der Waals surface area contributed by atoms with Crippen LogP contribution in [0.4, 0.5) is 4.79 Å². The van der Waals surface area contributed by atoms with Crippen LogP contribution >= 0.6 is 0 Å². The lowest BCUT2D eigenvalue weighted by Crippen LogP contribution is -2.45. The summed E-state index contributed by atoms with van der Waals surface area (Å²) >= 11 is 0. The van der Waals surface area contributed by atoms with Gasteiger partial charge in [-0.15, -0.1) is 0 Å². The van der Waals surface area contributed by atoms with Crippen molar-refractivity contribution in [3.8, 4) is 0 Å². The second kappa shape index (κ2) is 6.48. The second-order valence-corrected chi connectivity index (χ2v) is 6.28. The number of aryl methyl sites for hydroxylation is 2. The standard InChI is InChI=1S/C17H24N4O2/c1-11-8-15(13(3)23-11)12(2)20-17(22)21-7-5-4-6-16(21)14-9-18-19-10-14/h8-10,12,16H,4-7H2,1-3H3,(H,18,19)(H,20,22)/t12-,16-/m0/s1. The predicted molar refractivity (Wildman–Crippen MR) is 87.0 cm³/mol. The van der Waals surface area contributed by atoms with Gasteiger partial charge in [-0.1, -0.05) is 0 Å². The van der Waals surface area contributed by atoms with Crippen LogP contribution in [0, 0.1) is 13.8 Å². The molecule has 0 bridgehead atoms. The van der Waals surface area contributed by atoms with Gasteiger partial charge in [0, 0.05) is 23.9 Å². The Kier molecular flexibility index (Phi) is 4.41. The summed E-state index contributed by atoms with van der Waals surface area (Å²) in [4.78, 5) is 14.7. The molecule has 1 fully saturated rings. The summed E-state index contributed by atoms with van der Waals surface area (Å²) in [6, 6.07) is 1.99. The molecular formula is C17H24N4O2. The lowest BCUT2D eigenvalue weighted by atomic mass is 9.98. The Labute approximate surface area is 136 Å². The predicted octanol–water partition coefficient (Wildman–Crippen LogP) is 3.62. The Morgan fingerprint density at radius 3 is 2.96 bits per heavy atom. The largest absolute Gasteiger partial charge is 0.466 e. The number of carbonyl (C=O) groups is 1. The molecule has 1 saturated heterocycles. The average molecular weight is 316 g/mol. The number of nitrogens with one attached hydrogen (secondary N) is 2. The van der Waals surface area contributed by atoms with E-state index < -0.39 is 0 Å². The molecule has 2 aromatic heterocycles. The minimum Gasteiger partial charge on any atom is -0.466 e. The van der Waals surface area contributed by atoms with Crippen LogP contribution in [0.1, 0.15) is 60.9 Å². The number of aromatic amines is 1. The third-order valence-corrected chi connectivity index (χ3v) is 4.55. The number of piperidine rings is 1. The molecule has 2 aromatic rings. The van der Waals surface area contributed by atoms with Gasteiger partial charge < -0.3 is 14.6 Å². The molecule has 3 rings (SSSR count). The smallest absolute Gasteiger partial charge is 0.318 e. The van der Waals surface area contributed by atoms with Crippen LogP contribution in [-0.4, -0.2) is 27.7 Å². The van der Waals surface area contributed by atoms with E-state index in [1.165, 1.54) is 0 Å². The van der Waals surface area contributed by atoms with E-state index in [4.69, 9.17) is 4.42 Å². The van der Waals surface area contributed by atoms with Gasteiger partial charge in [0.2, 0.25) is 0 Å². The van der Waals surface area contributed by atoms with E-state index in [0.29, 0.717) is 0 Å². The van der Waals surface area contributed by atoms with Gasteiger partial charge in [0.25, 0.3) is 0 Å². The van der Waals surface area contributed by atoms with Crippen molar-refractivity contribution in [2.75, 3.05) is 6.54 Å². The summed E-state index contributed by atoms with van der Waals surface area (Å²) in [5.74, 6) is 1.73. The van der Waals surface area contributed by atoms with Crippen molar-refractivity contribution >= 4 is 6.03 Å². The summed E-state index contributed by atoms with van der Waals surface area (Å²) < 4.78 is 5.57. The minimum atomic E-state index is -0.0770. The first-order chi connectivity index (χ1) is 11.1. The molecule has 6 nitrogen and oxygen atoms in total. The zero-order valence-corrected chi connectivity index (χ0v) is 13.9. The zero-order valence-electron chi connectivity index (χ0n) is 13.9. The van der Waals surface area contributed by atoms with Crippen LogP contribution in [0.5, 0.6) is 0 Å². The Hall–Kier alpha value is -2.24. The monoisotopic (exact) mass is 316 g/mol. The Morgan fingerprint density at radius 2 is 2.30 bits per heavy atom.